The van der Waals surface area contributed by atoms with Crippen LogP contribution >= 0.6 is 0 Å². The number of amides is 2. The highest BCUT2D eigenvalue weighted by Crippen LogP contribution is 2.18. The monoisotopic (exact) mass is 214 g/mol. The van der Waals surface area contributed by atoms with Crippen LogP contribution in [0.15, 0.2) is 0 Å². The van der Waals surface area contributed by atoms with E-state index < -0.39 is 0 Å². The molecule has 0 spiro atoms. The van der Waals surface area contributed by atoms with Gasteiger partial charge in [-0.25, -0.2) is 0 Å². The van der Waals surface area contributed by atoms with Crippen LogP contribution in [0.4, 0.5) is 0 Å². The van der Waals surface area contributed by atoms with E-state index >= 15 is 0 Å². The van der Waals surface area contributed by atoms with E-state index in [1.165, 1.54) is 11.8 Å². The van der Waals surface area contributed by atoms with Gasteiger partial charge in [-0.15, -0.1) is 0 Å². The fourth-order valence-corrected chi connectivity index (χ4v) is 0.830. The van der Waals surface area contributed by atoms with Gasteiger partial charge in [0.05, 0.1) is 6.54 Å². The maximum absolute atomic E-state index is 11.5. The summed E-state index contributed by atoms with van der Waals surface area (Å²) in [6.45, 7) is 9.72. The molecule has 15 heavy (non-hydrogen) atoms. The van der Waals surface area contributed by atoms with Crippen molar-refractivity contribution in [3.05, 3.63) is 0 Å². The van der Waals surface area contributed by atoms with Gasteiger partial charge in [-0.3, -0.25) is 9.59 Å². The summed E-state index contributed by atoms with van der Waals surface area (Å²) >= 11 is 0. The first kappa shape index (κ1) is 13.9. The molecule has 0 aromatic heterocycles. The molecule has 0 aliphatic heterocycles. The molecule has 0 aliphatic rings. The summed E-state index contributed by atoms with van der Waals surface area (Å²) < 4.78 is 0. The molecule has 88 valence electrons. The average molecular weight is 214 g/mol. The summed E-state index contributed by atoms with van der Waals surface area (Å²) in [4.78, 5) is 23.8. The van der Waals surface area contributed by atoms with Gasteiger partial charge < -0.3 is 10.2 Å². The van der Waals surface area contributed by atoms with Crippen LogP contribution in [0.3, 0.4) is 0 Å². The summed E-state index contributed by atoms with van der Waals surface area (Å²) in [7, 11) is 1.61. The van der Waals surface area contributed by atoms with Crippen molar-refractivity contribution in [1.82, 2.24) is 10.2 Å². The van der Waals surface area contributed by atoms with Crippen molar-refractivity contribution >= 4 is 11.8 Å². The van der Waals surface area contributed by atoms with Gasteiger partial charge in [0.25, 0.3) is 0 Å². The molecular formula is C11H22N2O2. The largest absolute Gasteiger partial charge is 0.352 e. The number of nitrogens with one attached hydrogen (secondary N) is 1. The first-order valence-corrected chi connectivity index (χ1v) is 5.15. The lowest BCUT2D eigenvalue weighted by Crippen LogP contribution is -2.45. The van der Waals surface area contributed by atoms with Gasteiger partial charge in [0.1, 0.15) is 0 Å². The Labute approximate surface area is 92.0 Å². The van der Waals surface area contributed by atoms with Gasteiger partial charge in [-0.1, -0.05) is 20.8 Å². The first-order valence-electron chi connectivity index (χ1n) is 5.15. The van der Waals surface area contributed by atoms with Gasteiger partial charge >= 0.3 is 0 Å². The number of rotatable bonds is 3. The minimum Gasteiger partial charge on any atom is -0.352 e. The number of hydrogen-bond donors (Lipinski definition) is 1. The lowest BCUT2D eigenvalue weighted by atomic mass is 9.88. The van der Waals surface area contributed by atoms with Gasteiger partial charge in [-0.05, 0) is 12.3 Å². The van der Waals surface area contributed by atoms with Gasteiger partial charge in [0.15, 0.2) is 0 Å². The van der Waals surface area contributed by atoms with Crippen molar-refractivity contribution in [3.63, 3.8) is 0 Å². The van der Waals surface area contributed by atoms with Crippen molar-refractivity contribution in [1.29, 1.82) is 0 Å². The van der Waals surface area contributed by atoms with E-state index in [0.29, 0.717) is 0 Å². The third-order valence-electron chi connectivity index (χ3n) is 2.59. The van der Waals surface area contributed by atoms with Gasteiger partial charge in [0, 0.05) is 20.0 Å². The van der Waals surface area contributed by atoms with Crippen LogP contribution in [0, 0.1) is 5.41 Å². The second-order valence-corrected chi connectivity index (χ2v) is 5.03. The second kappa shape index (κ2) is 5.14. The van der Waals surface area contributed by atoms with Crippen LogP contribution in [-0.2, 0) is 9.59 Å². The zero-order chi connectivity index (χ0) is 12.2. The number of likely N-dealkylation sites (N-methyl/N-ethyl adjacent to an activating group) is 1. The summed E-state index contributed by atoms with van der Waals surface area (Å²) in [6, 6.07) is 0.0883. The molecule has 0 aromatic rings. The lowest BCUT2D eigenvalue weighted by Gasteiger charge is -2.28. The molecule has 4 heteroatoms. The molecule has 1 N–H and O–H groups in total. The molecule has 0 radical (unpaired) electrons. The minimum absolute atomic E-state index is 0.0322. The number of carbonyl (C=O) groups excluding carboxylic acids is 2. The summed E-state index contributed by atoms with van der Waals surface area (Å²) in [5, 5.41) is 2.87. The van der Waals surface area contributed by atoms with E-state index in [2.05, 4.69) is 26.1 Å². The molecule has 1 atom stereocenters. The number of carbonyl (C=O) groups is 2. The highest BCUT2D eigenvalue weighted by atomic mass is 16.2. The smallest absolute Gasteiger partial charge is 0.239 e. The fraction of sp³-hybridized carbons (Fsp3) is 0.818. The number of nitrogens with zero attached hydrogens (tertiary/aromatic N) is 1. The molecule has 0 saturated heterocycles. The summed E-state index contributed by atoms with van der Waals surface area (Å²) in [5.41, 5.74) is 0.0322. The average Bonchev–Trinajstić information content (AvgIpc) is 2.01. The zero-order valence-corrected chi connectivity index (χ0v) is 10.5. The predicted octanol–water partition coefficient (Wildman–Crippen LogP) is 1.02. The van der Waals surface area contributed by atoms with E-state index in [-0.39, 0.29) is 29.8 Å². The Hall–Kier alpha value is -1.06. The number of hydrogen-bond acceptors (Lipinski definition) is 2. The topological polar surface area (TPSA) is 49.4 Å². The minimum atomic E-state index is -0.116. The van der Waals surface area contributed by atoms with Crippen molar-refractivity contribution in [2.75, 3.05) is 13.6 Å². The molecule has 4 nitrogen and oxygen atoms in total. The van der Waals surface area contributed by atoms with Crippen LogP contribution in [0.2, 0.25) is 0 Å². The van der Waals surface area contributed by atoms with Gasteiger partial charge in [0.2, 0.25) is 11.8 Å². The first-order chi connectivity index (χ1) is 6.64. The van der Waals surface area contributed by atoms with Crippen molar-refractivity contribution < 1.29 is 9.59 Å². The Morgan fingerprint density at radius 2 is 1.80 bits per heavy atom. The fourth-order valence-electron chi connectivity index (χ4n) is 0.830. The lowest BCUT2D eigenvalue weighted by molar-refractivity contribution is -0.133. The van der Waals surface area contributed by atoms with E-state index in [0.717, 1.165) is 0 Å². The van der Waals surface area contributed by atoms with Gasteiger partial charge in [-0.2, -0.15) is 0 Å². The molecule has 0 heterocycles. The molecule has 0 fully saturated rings. The Bertz CT molecular complexity index is 243. The third-order valence-corrected chi connectivity index (χ3v) is 2.59. The van der Waals surface area contributed by atoms with Crippen LogP contribution in [0.1, 0.15) is 34.6 Å². The normalized spacial score (nSPS) is 13.2. The molecular weight excluding hydrogens is 192 g/mol. The highest BCUT2D eigenvalue weighted by molar-refractivity contribution is 5.83. The highest BCUT2D eigenvalue weighted by Gasteiger charge is 2.22. The Morgan fingerprint density at radius 3 is 2.13 bits per heavy atom. The van der Waals surface area contributed by atoms with E-state index in [1.807, 2.05) is 6.92 Å². The Morgan fingerprint density at radius 1 is 1.33 bits per heavy atom. The van der Waals surface area contributed by atoms with E-state index in [1.54, 1.807) is 7.05 Å². The van der Waals surface area contributed by atoms with Crippen molar-refractivity contribution in [2.45, 2.75) is 40.7 Å². The maximum atomic E-state index is 11.5. The molecule has 0 saturated carbocycles. The summed E-state index contributed by atoms with van der Waals surface area (Å²) in [6.07, 6.45) is 0. The zero-order valence-electron chi connectivity index (χ0n) is 10.5. The van der Waals surface area contributed by atoms with E-state index in [4.69, 9.17) is 0 Å². The molecule has 2 amide bonds. The molecule has 1 unspecified atom stereocenters. The predicted molar refractivity (Wildman–Crippen MR) is 60.4 cm³/mol. The van der Waals surface area contributed by atoms with Crippen LogP contribution in [0.25, 0.3) is 0 Å². The van der Waals surface area contributed by atoms with Crippen molar-refractivity contribution in [3.8, 4) is 0 Å². The standard InChI is InChI=1S/C11H22N2O2/c1-8(11(3,4)5)12-10(15)7-13(6)9(2)14/h8H,7H2,1-6H3,(H,12,15). The Kier molecular flexibility index (Phi) is 4.78. The summed E-state index contributed by atoms with van der Waals surface area (Å²) in [5.74, 6) is -0.219. The van der Waals surface area contributed by atoms with Crippen LogP contribution in [0.5, 0.6) is 0 Å². The molecule has 0 bridgehead atoms. The van der Waals surface area contributed by atoms with E-state index in [9.17, 15) is 9.59 Å². The quantitative estimate of drug-likeness (QED) is 0.762. The second-order valence-electron chi connectivity index (χ2n) is 5.03. The molecule has 0 aromatic carbocycles. The molecule has 0 aliphatic carbocycles. The Balaban J connectivity index is 4.11. The molecule has 0 rings (SSSR count). The maximum Gasteiger partial charge on any atom is 0.239 e. The SMILES string of the molecule is CC(=O)N(C)CC(=O)NC(C)C(C)(C)C. The van der Waals surface area contributed by atoms with Crippen LogP contribution in [-0.4, -0.2) is 36.3 Å². The third kappa shape index (κ3) is 5.40. The van der Waals surface area contributed by atoms with Crippen LogP contribution < -0.4 is 5.32 Å². The van der Waals surface area contributed by atoms with Crippen molar-refractivity contribution in [2.24, 2.45) is 5.41 Å².